The van der Waals surface area contributed by atoms with E-state index in [0.29, 0.717) is 5.69 Å². The number of methoxy groups -OCH3 is 1. The molecule has 0 saturated heterocycles. The van der Waals surface area contributed by atoms with Gasteiger partial charge in [-0.15, -0.1) is 0 Å². The molecule has 0 aliphatic rings. The Morgan fingerprint density at radius 3 is 2.56 bits per heavy atom. The van der Waals surface area contributed by atoms with Gasteiger partial charge in [-0.05, 0) is 13.0 Å². The summed E-state index contributed by atoms with van der Waals surface area (Å²) in [7, 11) is -3.25. The number of hydrogen-bond acceptors (Lipinski definition) is 5. The highest BCUT2D eigenvalue weighted by atomic mass is 32.2. The number of aromatic carboxylic acids is 1. The van der Waals surface area contributed by atoms with Crippen molar-refractivity contribution in [3.63, 3.8) is 0 Å². The van der Waals surface area contributed by atoms with E-state index < -0.39 is 22.3 Å². The van der Waals surface area contributed by atoms with Crippen molar-refractivity contribution >= 4 is 28.0 Å². The molecule has 10 heteroatoms. The predicted octanol–water partition coefficient (Wildman–Crippen LogP) is 0.0340. The van der Waals surface area contributed by atoms with Crippen LogP contribution in [-0.2, 0) is 14.9 Å². The second-order valence-electron chi connectivity index (χ2n) is 3.25. The second kappa shape index (κ2) is 4.96. The van der Waals surface area contributed by atoms with Gasteiger partial charge in [-0.1, -0.05) is 0 Å². The number of carboxylic acid groups (broad SMARTS) is 1. The lowest BCUT2D eigenvalue weighted by Gasteiger charge is -2.07. The molecule has 1 heterocycles. The van der Waals surface area contributed by atoms with Crippen LogP contribution in [0.2, 0.25) is 0 Å². The molecule has 4 N–H and O–H groups in total. The van der Waals surface area contributed by atoms with Crippen LogP contribution in [0.5, 0.6) is 0 Å². The monoisotopic (exact) mass is 277 g/mol. The van der Waals surface area contributed by atoms with E-state index >= 15 is 0 Å². The van der Waals surface area contributed by atoms with Crippen LogP contribution in [0, 0.1) is 6.92 Å². The number of aromatic amines is 1. The molecule has 0 aliphatic heterocycles. The highest BCUT2D eigenvalue weighted by Crippen LogP contribution is 2.17. The zero-order valence-electron chi connectivity index (χ0n) is 9.47. The molecule has 0 radical (unpaired) electrons. The summed E-state index contributed by atoms with van der Waals surface area (Å²) in [5.41, 5.74) is -0.0673. The SMILES string of the molecule is COC(=O)NS(=O)(=O)Nc1cc(C)[nH]c1C(=O)O. The number of aromatic nitrogens is 1. The summed E-state index contributed by atoms with van der Waals surface area (Å²) < 4.78 is 30.4. The molecule has 0 unspecified atom stereocenters. The van der Waals surface area contributed by atoms with Crippen LogP contribution in [-0.4, -0.2) is 37.7 Å². The van der Waals surface area contributed by atoms with Crippen LogP contribution >= 0.6 is 0 Å². The summed E-state index contributed by atoms with van der Waals surface area (Å²) in [5.74, 6) is -1.33. The number of carbonyl (C=O) groups excluding carboxylic acids is 1. The molecule has 18 heavy (non-hydrogen) atoms. The molecule has 1 amide bonds. The fourth-order valence-corrected chi connectivity index (χ4v) is 1.96. The topological polar surface area (TPSA) is 138 Å². The Hall–Kier alpha value is -2.23. The number of carbonyl (C=O) groups is 2. The molecule has 0 aromatic carbocycles. The number of ether oxygens (including phenoxy) is 1. The first-order valence-electron chi connectivity index (χ1n) is 4.56. The maximum Gasteiger partial charge on any atom is 0.422 e. The lowest BCUT2D eigenvalue weighted by Crippen LogP contribution is -2.35. The van der Waals surface area contributed by atoms with E-state index in [2.05, 4.69) is 9.72 Å². The molecule has 0 bridgehead atoms. The Labute approximate surface area is 102 Å². The van der Waals surface area contributed by atoms with Crippen molar-refractivity contribution in [1.82, 2.24) is 9.71 Å². The summed E-state index contributed by atoms with van der Waals surface area (Å²) >= 11 is 0. The van der Waals surface area contributed by atoms with Gasteiger partial charge in [0.15, 0.2) is 0 Å². The van der Waals surface area contributed by atoms with E-state index in [4.69, 9.17) is 5.11 Å². The van der Waals surface area contributed by atoms with Gasteiger partial charge >= 0.3 is 22.3 Å². The van der Waals surface area contributed by atoms with Crippen molar-refractivity contribution < 1.29 is 27.9 Å². The molecule has 100 valence electrons. The van der Waals surface area contributed by atoms with Crippen molar-refractivity contribution in [2.45, 2.75) is 6.92 Å². The Bertz CT molecular complexity index is 576. The number of aryl methyl sites for hydroxylation is 1. The third-order valence-electron chi connectivity index (χ3n) is 1.81. The minimum atomic E-state index is -4.25. The van der Waals surface area contributed by atoms with Crippen molar-refractivity contribution in [2.24, 2.45) is 0 Å². The molecule has 1 aromatic heterocycles. The largest absolute Gasteiger partial charge is 0.477 e. The molecule has 0 spiro atoms. The van der Waals surface area contributed by atoms with Crippen LogP contribution in [0.4, 0.5) is 10.5 Å². The fraction of sp³-hybridized carbons (Fsp3) is 0.250. The molecule has 1 aromatic rings. The van der Waals surface area contributed by atoms with Crippen molar-refractivity contribution in [1.29, 1.82) is 0 Å². The average Bonchev–Trinajstić information content (AvgIpc) is 2.57. The van der Waals surface area contributed by atoms with Gasteiger partial charge in [0.25, 0.3) is 0 Å². The Morgan fingerprint density at radius 2 is 2.06 bits per heavy atom. The molecule has 0 fully saturated rings. The third kappa shape index (κ3) is 3.38. The van der Waals surface area contributed by atoms with E-state index in [1.807, 2.05) is 4.72 Å². The normalized spacial score (nSPS) is 10.8. The number of H-pyrrole nitrogens is 1. The first-order valence-corrected chi connectivity index (χ1v) is 6.05. The van der Waals surface area contributed by atoms with E-state index in [9.17, 15) is 18.0 Å². The maximum absolute atomic E-state index is 11.4. The smallest absolute Gasteiger partial charge is 0.422 e. The van der Waals surface area contributed by atoms with Crippen LogP contribution in [0.15, 0.2) is 6.07 Å². The lowest BCUT2D eigenvalue weighted by molar-refractivity contribution is 0.0692. The molecule has 9 nitrogen and oxygen atoms in total. The van der Waals surface area contributed by atoms with E-state index in [1.54, 1.807) is 6.92 Å². The molecular weight excluding hydrogens is 266 g/mol. The number of anilines is 1. The van der Waals surface area contributed by atoms with Crippen LogP contribution in [0.3, 0.4) is 0 Å². The van der Waals surface area contributed by atoms with Crippen molar-refractivity contribution in [3.05, 3.63) is 17.5 Å². The van der Waals surface area contributed by atoms with Crippen molar-refractivity contribution in [3.8, 4) is 0 Å². The van der Waals surface area contributed by atoms with Gasteiger partial charge in [-0.3, -0.25) is 4.72 Å². The van der Waals surface area contributed by atoms with Gasteiger partial charge in [-0.2, -0.15) is 8.42 Å². The van der Waals surface area contributed by atoms with E-state index in [1.165, 1.54) is 10.8 Å². The summed E-state index contributed by atoms with van der Waals surface area (Å²) in [5, 5.41) is 8.83. The summed E-state index contributed by atoms with van der Waals surface area (Å²) in [6.45, 7) is 1.55. The standard InChI is InChI=1S/C8H11N3O6S/c1-4-3-5(6(9-4)7(12)13)10-18(15,16)11-8(14)17-2/h3,9-10H,1-2H3,(H,11,14)(H,12,13). The quantitative estimate of drug-likeness (QED) is 0.612. The number of rotatable bonds is 4. The first kappa shape index (κ1) is 13.8. The molecule has 0 saturated carbocycles. The number of nitrogens with one attached hydrogen (secondary N) is 3. The fourth-order valence-electron chi connectivity index (χ4n) is 1.16. The van der Waals surface area contributed by atoms with Gasteiger partial charge < -0.3 is 14.8 Å². The minimum Gasteiger partial charge on any atom is -0.477 e. The number of amides is 1. The number of carboxylic acids is 1. The zero-order valence-corrected chi connectivity index (χ0v) is 10.3. The van der Waals surface area contributed by atoms with Gasteiger partial charge in [0, 0.05) is 5.69 Å². The molecule has 0 aliphatic carbocycles. The van der Waals surface area contributed by atoms with Crippen LogP contribution < -0.4 is 9.44 Å². The Balaban J connectivity index is 2.97. The van der Waals surface area contributed by atoms with E-state index in [0.717, 1.165) is 7.11 Å². The summed E-state index contributed by atoms with van der Waals surface area (Å²) in [6.07, 6.45) is -1.19. The van der Waals surface area contributed by atoms with Crippen LogP contribution in [0.25, 0.3) is 0 Å². The third-order valence-corrected chi connectivity index (χ3v) is 2.74. The van der Waals surface area contributed by atoms with Gasteiger partial charge in [0.05, 0.1) is 12.8 Å². The van der Waals surface area contributed by atoms with Crippen molar-refractivity contribution in [2.75, 3.05) is 11.8 Å². The lowest BCUT2D eigenvalue weighted by atomic mass is 10.4. The second-order valence-corrected chi connectivity index (χ2v) is 4.66. The summed E-state index contributed by atoms with van der Waals surface area (Å²) in [6, 6.07) is 1.28. The van der Waals surface area contributed by atoms with E-state index in [-0.39, 0.29) is 11.4 Å². The average molecular weight is 277 g/mol. The maximum atomic E-state index is 11.4. The van der Waals surface area contributed by atoms with Crippen LogP contribution in [0.1, 0.15) is 16.2 Å². The molecular formula is C8H11N3O6S. The summed E-state index contributed by atoms with van der Waals surface area (Å²) in [4.78, 5) is 24.0. The Kier molecular flexibility index (Phi) is 3.81. The first-order chi connectivity index (χ1) is 8.25. The minimum absolute atomic E-state index is 0.184. The van der Waals surface area contributed by atoms with Gasteiger partial charge in [0.2, 0.25) is 0 Å². The molecule has 1 rings (SSSR count). The zero-order chi connectivity index (χ0) is 13.9. The molecule has 0 atom stereocenters. The number of hydrogen-bond donors (Lipinski definition) is 4. The van der Waals surface area contributed by atoms with Gasteiger partial charge in [-0.25, -0.2) is 14.3 Å². The predicted molar refractivity (Wildman–Crippen MR) is 60.6 cm³/mol. The highest BCUT2D eigenvalue weighted by molar-refractivity contribution is 7.91. The highest BCUT2D eigenvalue weighted by Gasteiger charge is 2.20. The Morgan fingerprint density at radius 1 is 1.44 bits per heavy atom. The van der Waals surface area contributed by atoms with Gasteiger partial charge in [0.1, 0.15) is 5.69 Å².